The fourth-order valence-electron chi connectivity index (χ4n) is 2.79. The first-order chi connectivity index (χ1) is 12.2. The van der Waals surface area contributed by atoms with E-state index in [1.54, 1.807) is 13.2 Å². The minimum Gasteiger partial charge on any atom is -0.496 e. The number of methoxy groups -OCH3 is 1. The number of para-hydroxylation sites is 1. The summed E-state index contributed by atoms with van der Waals surface area (Å²) >= 11 is 0. The Kier molecular flexibility index (Phi) is 4.98. The lowest BCUT2D eigenvalue weighted by atomic mass is 9.98. The number of ether oxygens (including phenoxy) is 1. The van der Waals surface area contributed by atoms with Gasteiger partial charge in [-0.3, -0.25) is 9.59 Å². The second kappa shape index (κ2) is 7.34. The lowest BCUT2D eigenvalue weighted by Crippen LogP contribution is -2.36. The van der Waals surface area contributed by atoms with E-state index in [9.17, 15) is 9.59 Å². The minimum absolute atomic E-state index is 0.149. The van der Waals surface area contributed by atoms with Crippen LogP contribution in [0.2, 0.25) is 0 Å². The van der Waals surface area contributed by atoms with Crippen LogP contribution in [-0.2, 0) is 16.1 Å². The Labute approximate surface area is 147 Å². The molecule has 0 unspecified atom stereocenters. The Morgan fingerprint density at radius 3 is 2.44 bits per heavy atom. The second-order valence-electron chi connectivity index (χ2n) is 6.19. The fraction of sp³-hybridized carbons (Fsp3) is 0.238. The van der Waals surface area contributed by atoms with E-state index in [2.05, 4.69) is 5.32 Å². The van der Waals surface area contributed by atoms with Crippen LogP contribution >= 0.6 is 0 Å². The van der Waals surface area contributed by atoms with Crippen LogP contribution in [0.5, 0.6) is 5.75 Å². The molecule has 0 radical (unpaired) electrons. The molecule has 1 aliphatic rings. The monoisotopic (exact) mass is 335 g/mol. The van der Waals surface area contributed by atoms with Crippen molar-refractivity contribution in [2.45, 2.75) is 19.4 Å². The van der Waals surface area contributed by atoms with Crippen LogP contribution in [0.1, 0.15) is 24.0 Å². The van der Waals surface area contributed by atoms with Crippen molar-refractivity contribution in [2.75, 3.05) is 7.11 Å². The highest BCUT2D eigenvalue weighted by Crippen LogP contribution is 2.47. The largest absolute Gasteiger partial charge is 0.496 e. The molecule has 0 saturated heterocycles. The Morgan fingerprint density at radius 2 is 1.76 bits per heavy atom. The third-order valence-electron chi connectivity index (χ3n) is 4.51. The van der Waals surface area contributed by atoms with E-state index in [0.717, 1.165) is 11.1 Å². The van der Waals surface area contributed by atoms with Gasteiger partial charge in [-0.1, -0.05) is 48.5 Å². The average molecular weight is 335 g/mol. The van der Waals surface area contributed by atoms with Crippen molar-refractivity contribution in [1.82, 2.24) is 5.32 Å². The molecule has 1 aliphatic carbocycles. The van der Waals surface area contributed by atoms with Crippen LogP contribution in [0.4, 0.5) is 0 Å². The van der Waals surface area contributed by atoms with Crippen LogP contribution in [0.3, 0.4) is 0 Å². The number of amides is 1. The molecule has 0 aromatic heterocycles. The Morgan fingerprint density at radius 1 is 1.08 bits per heavy atom. The number of rotatable bonds is 7. The maximum atomic E-state index is 12.6. The van der Waals surface area contributed by atoms with Gasteiger partial charge in [0.05, 0.1) is 7.11 Å². The molecule has 0 atom stereocenters. The number of hydrogen-bond donors (Lipinski definition) is 1. The molecule has 2 aromatic carbocycles. The molecule has 25 heavy (non-hydrogen) atoms. The topological polar surface area (TPSA) is 55.4 Å². The summed E-state index contributed by atoms with van der Waals surface area (Å²) < 4.78 is 5.27. The molecule has 2 aromatic rings. The van der Waals surface area contributed by atoms with Gasteiger partial charge in [-0.2, -0.15) is 0 Å². The van der Waals surface area contributed by atoms with Crippen molar-refractivity contribution in [3.63, 3.8) is 0 Å². The summed E-state index contributed by atoms with van der Waals surface area (Å²) in [6, 6.07) is 17.1. The van der Waals surface area contributed by atoms with Crippen LogP contribution in [-0.4, -0.2) is 18.8 Å². The molecular weight excluding hydrogens is 314 g/mol. The van der Waals surface area contributed by atoms with Gasteiger partial charge in [0, 0.05) is 12.1 Å². The predicted molar refractivity (Wildman–Crippen MR) is 97.0 cm³/mol. The van der Waals surface area contributed by atoms with Gasteiger partial charge in [0.2, 0.25) is 5.91 Å². The van der Waals surface area contributed by atoms with Gasteiger partial charge in [-0.25, -0.2) is 0 Å². The Bertz CT molecular complexity index is 792. The summed E-state index contributed by atoms with van der Waals surface area (Å²) in [7, 11) is 1.59. The summed E-state index contributed by atoms with van der Waals surface area (Å²) in [5, 5.41) is 2.89. The molecule has 0 bridgehead atoms. The predicted octanol–water partition coefficient (Wildman–Crippen LogP) is 3.37. The molecule has 128 valence electrons. The van der Waals surface area contributed by atoms with Crippen LogP contribution in [0.25, 0.3) is 6.08 Å². The van der Waals surface area contributed by atoms with Crippen LogP contribution in [0.15, 0.2) is 60.7 Å². The van der Waals surface area contributed by atoms with Crippen molar-refractivity contribution in [1.29, 1.82) is 0 Å². The highest BCUT2D eigenvalue weighted by atomic mass is 16.5. The van der Waals surface area contributed by atoms with E-state index in [-0.39, 0.29) is 11.7 Å². The normalized spacial score (nSPS) is 14.9. The third-order valence-corrected chi connectivity index (χ3v) is 4.51. The van der Waals surface area contributed by atoms with E-state index in [4.69, 9.17) is 4.74 Å². The average Bonchev–Trinajstić information content (AvgIpc) is 3.47. The zero-order valence-corrected chi connectivity index (χ0v) is 14.2. The fourth-order valence-corrected chi connectivity index (χ4v) is 2.79. The Hall–Kier alpha value is -2.88. The minimum atomic E-state index is -0.896. The quantitative estimate of drug-likeness (QED) is 0.623. The molecule has 4 heteroatoms. The SMILES string of the molecule is COc1ccccc1/C=C/C(=O)C1(C(=O)NCc2ccccc2)CC1. The molecule has 1 fully saturated rings. The molecule has 3 rings (SSSR count). The first-order valence-electron chi connectivity index (χ1n) is 8.33. The number of carbonyl (C=O) groups excluding carboxylic acids is 2. The number of allylic oxidation sites excluding steroid dienone is 1. The van der Waals surface area contributed by atoms with Crippen molar-refractivity contribution >= 4 is 17.8 Å². The standard InChI is InChI=1S/C21H21NO3/c1-25-18-10-6-5-9-17(18)11-12-19(23)21(13-14-21)20(24)22-15-16-7-3-2-4-8-16/h2-12H,13-15H2,1H3,(H,22,24)/b12-11+. The third kappa shape index (κ3) is 3.79. The number of hydrogen-bond acceptors (Lipinski definition) is 3. The van der Waals surface area contributed by atoms with Gasteiger partial charge >= 0.3 is 0 Å². The van der Waals surface area contributed by atoms with E-state index < -0.39 is 5.41 Å². The summed E-state index contributed by atoms with van der Waals surface area (Å²) in [5.74, 6) is 0.361. The van der Waals surface area contributed by atoms with Crippen LogP contribution < -0.4 is 10.1 Å². The lowest BCUT2D eigenvalue weighted by molar-refractivity contribution is -0.133. The van der Waals surface area contributed by atoms with Gasteiger partial charge in [-0.05, 0) is 36.6 Å². The zero-order valence-electron chi connectivity index (χ0n) is 14.2. The highest BCUT2D eigenvalue weighted by molar-refractivity contribution is 6.14. The van der Waals surface area contributed by atoms with Gasteiger partial charge < -0.3 is 10.1 Å². The number of ketones is 1. The van der Waals surface area contributed by atoms with Crippen molar-refractivity contribution in [3.8, 4) is 5.75 Å². The zero-order chi connectivity index (χ0) is 17.7. The number of carbonyl (C=O) groups is 2. The van der Waals surface area contributed by atoms with E-state index in [0.29, 0.717) is 25.1 Å². The summed E-state index contributed by atoms with van der Waals surface area (Å²) in [5.41, 5.74) is 0.940. The van der Waals surface area contributed by atoms with Crippen molar-refractivity contribution in [3.05, 3.63) is 71.8 Å². The molecule has 1 amide bonds. The summed E-state index contributed by atoms with van der Waals surface area (Å²) in [6.07, 6.45) is 4.41. The van der Waals surface area contributed by atoms with Crippen molar-refractivity contribution < 1.29 is 14.3 Å². The molecule has 1 saturated carbocycles. The second-order valence-corrected chi connectivity index (χ2v) is 6.19. The first-order valence-corrected chi connectivity index (χ1v) is 8.33. The molecule has 1 N–H and O–H groups in total. The smallest absolute Gasteiger partial charge is 0.234 e. The molecule has 0 spiro atoms. The lowest BCUT2D eigenvalue weighted by Gasteiger charge is -2.12. The maximum absolute atomic E-state index is 12.6. The van der Waals surface area contributed by atoms with Gasteiger partial charge in [0.1, 0.15) is 11.2 Å². The van der Waals surface area contributed by atoms with E-state index >= 15 is 0 Å². The molecule has 0 aliphatic heterocycles. The van der Waals surface area contributed by atoms with Crippen LogP contribution in [0, 0.1) is 5.41 Å². The van der Waals surface area contributed by atoms with E-state index in [1.165, 1.54) is 6.08 Å². The molecular formula is C21H21NO3. The molecule has 4 nitrogen and oxygen atoms in total. The number of nitrogens with one attached hydrogen (secondary N) is 1. The maximum Gasteiger partial charge on any atom is 0.234 e. The molecule has 0 heterocycles. The first kappa shape index (κ1) is 17.0. The van der Waals surface area contributed by atoms with E-state index in [1.807, 2.05) is 54.6 Å². The number of benzene rings is 2. The summed E-state index contributed by atoms with van der Waals surface area (Å²) in [4.78, 5) is 25.1. The summed E-state index contributed by atoms with van der Waals surface area (Å²) in [6.45, 7) is 0.435. The van der Waals surface area contributed by atoms with Gasteiger partial charge in [-0.15, -0.1) is 0 Å². The Balaban J connectivity index is 1.64. The van der Waals surface area contributed by atoms with Crippen molar-refractivity contribution in [2.24, 2.45) is 5.41 Å². The highest BCUT2D eigenvalue weighted by Gasteiger charge is 2.54. The van der Waals surface area contributed by atoms with Gasteiger partial charge in [0.15, 0.2) is 5.78 Å². The van der Waals surface area contributed by atoms with Gasteiger partial charge in [0.25, 0.3) is 0 Å².